The van der Waals surface area contributed by atoms with E-state index in [0.717, 1.165) is 37.1 Å². The molecule has 0 radical (unpaired) electrons. The molecule has 0 amide bonds. The van der Waals surface area contributed by atoms with Crippen molar-refractivity contribution in [3.8, 4) is 0 Å². The monoisotopic (exact) mass is 244 g/mol. The van der Waals surface area contributed by atoms with Gasteiger partial charge < -0.3 is 4.90 Å². The third-order valence-electron chi connectivity index (χ3n) is 3.55. The van der Waals surface area contributed by atoms with Crippen LogP contribution in [0.2, 0.25) is 0 Å². The largest absolute Gasteiger partial charge is 0.345 e. The molecular weight excluding hydrogens is 228 g/mol. The number of carbonyl (C=O) groups excluding carboxylic acids is 1. The molecule has 1 unspecified atom stereocenters. The minimum atomic E-state index is -0.0349. The topological polar surface area (TPSA) is 50.5 Å². The first kappa shape index (κ1) is 11.2. The maximum atomic E-state index is 11.8. The van der Waals surface area contributed by atoms with Crippen LogP contribution >= 0.6 is 0 Å². The third-order valence-corrected chi connectivity index (χ3v) is 3.55. The molecule has 2 aromatic rings. The van der Waals surface area contributed by atoms with E-state index >= 15 is 0 Å². The van der Waals surface area contributed by atoms with E-state index in [1.807, 2.05) is 12.3 Å². The molecule has 0 aromatic carbocycles. The summed E-state index contributed by atoms with van der Waals surface area (Å²) in [6.07, 6.45) is 8.47. The van der Waals surface area contributed by atoms with Crippen LogP contribution in [0.3, 0.4) is 0 Å². The van der Waals surface area contributed by atoms with Crippen molar-refractivity contribution in [3.63, 3.8) is 0 Å². The quantitative estimate of drug-likeness (QED) is 0.806. The predicted octanol–water partition coefficient (Wildman–Crippen LogP) is 1.68. The van der Waals surface area contributed by atoms with Crippen molar-refractivity contribution in [2.75, 3.05) is 11.4 Å². The van der Waals surface area contributed by atoms with Crippen molar-refractivity contribution in [1.82, 2.24) is 14.6 Å². The molecule has 0 saturated carbocycles. The van der Waals surface area contributed by atoms with Crippen LogP contribution in [0.5, 0.6) is 0 Å². The summed E-state index contributed by atoms with van der Waals surface area (Å²) in [6, 6.07) is 1.90. The molecule has 1 fully saturated rings. The summed E-state index contributed by atoms with van der Waals surface area (Å²) in [7, 11) is 0. The van der Waals surface area contributed by atoms with Crippen LogP contribution in [0.15, 0.2) is 24.7 Å². The van der Waals surface area contributed by atoms with Crippen molar-refractivity contribution in [1.29, 1.82) is 0 Å². The second-order valence-corrected chi connectivity index (χ2v) is 4.73. The number of hydrogen-bond acceptors (Lipinski definition) is 4. The van der Waals surface area contributed by atoms with Gasteiger partial charge in [0.1, 0.15) is 5.52 Å². The van der Waals surface area contributed by atoms with Crippen LogP contribution in [0.4, 0.5) is 5.82 Å². The highest BCUT2D eigenvalue weighted by atomic mass is 16.1. The number of ketones is 1. The van der Waals surface area contributed by atoms with Crippen molar-refractivity contribution in [3.05, 3.63) is 24.7 Å². The van der Waals surface area contributed by atoms with Gasteiger partial charge in [-0.3, -0.25) is 4.79 Å². The van der Waals surface area contributed by atoms with Gasteiger partial charge in [0.15, 0.2) is 11.6 Å². The lowest BCUT2D eigenvalue weighted by Gasteiger charge is -2.35. The van der Waals surface area contributed by atoms with Gasteiger partial charge in [-0.25, -0.2) is 9.50 Å². The van der Waals surface area contributed by atoms with Gasteiger partial charge in [0.25, 0.3) is 0 Å². The maximum Gasteiger partial charge on any atom is 0.155 e. The Labute approximate surface area is 105 Å². The zero-order chi connectivity index (χ0) is 12.5. The Kier molecular flexibility index (Phi) is 2.74. The Morgan fingerprint density at radius 2 is 2.28 bits per heavy atom. The molecule has 2 aromatic heterocycles. The summed E-state index contributed by atoms with van der Waals surface area (Å²) in [5.74, 6) is 1.09. The number of rotatable bonds is 2. The Balaban J connectivity index is 2.06. The van der Waals surface area contributed by atoms with E-state index in [4.69, 9.17) is 0 Å². The van der Waals surface area contributed by atoms with Crippen LogP contribution in [-0.2, 0) is 4.79 Å². The number of hydrogen-bond donors (Lipinski definition) is 0. The lowest BCUT2D eigenvalue weighted by atomic mass is 9.99. The highest BCUT2D eigenvalue weighted by molar-refractivity contribution is 5.86. The number of piperidine rings is 1. The Hall–Kier alpha value is -1.91. The highest BCUT2D eigenvalue weighted by Crippen LogP contribution is 2.26. The average Bonchev–Trinajstić information content (AvgIpc) is 2.86. The molecule has 1 atom stereocenters. The highest BCUT2D eigenvalue weighted by Gasteiger charge is 2.28. The molecule has 3 heterocycles. The molecule has 1 saturated heterocycles. The second-order valence-electron chi connectivity index (χ2n) is 4.73. The first-order valence-electron chi connectivity index (χ1n) is 6.33. The summed E-state index contributed by atoms with van der Waals surface area (Å²) < 4.78 is 1.80. The number of Topliss-reactive ketones (excluding diaryl/α,β-unsaturated/α-hetero) is 1. The summed E-state index contributed by atoms with van der Waals surface area (Å²) in [5, 5.41) is 4.21. The molecule has 1 aliphatic rings. The molecular formula is C13H16N4O. The number of carbonyl (C=O) groups is 1. The Morgan fingerprint density at radius 3 is 3.11 bits per heavy atom. The smallest absolute Gasteiger partial charge is 0.155 e. The predicted molar refractivity (Wildman–Crippen MR) is 68.7 cm³/mol. The molecule has 0 bridgehead atoms. The molecule has 94 valence electrons. The van der Waals surface area contributed by atoms with Gasteiger partial charge in [0.05, 0.1) is 12.2 Å². The van der Waals surface area contributed by atoms with Crippen molar-refractivity contribution in [2.45, 2.75) is 32.2 Å². The van der Waals surface area contributed by atoms with Gasteiger partial charge in [-0.2, -0.15) is 5.10 Å². The maximum absolute atomic E-state index is 11.8. The van der Waals surface area contributed by atoms with E-state index in [-0.39, 0.29) is 11.8 Å². The number of aromatic nitrogens is 3. The summed E-state index contributed by atoms with van der Waals surface area (Å²) in [4.78, 5) is 18.3. The van der Waals surface area contributed by atoms with Crippen molar-refractivity contribution < 1.29 is 4.79 Å². The fourth-order valence-corrected chi connectivity index (χ4v) is 2.67. The molecule has 0 spiro atoms. The van der Waals surface area contributed by atoms with Crippen LogP contribution < -0.4 is 4.90 Å². The lowest BCUT2D eigenvalue weighted by Crippen LogP contribution is -2.44. The van der Waals surface area contributed by atoms with E-state index in [1.165, 1.54) is 0 Å². The normalized spacial score (nSPS) is 20.3. The van der Waals surface area contributed by atoms with E-state index in [9.17, 15) is 4.79 Å². The zero-order valence-corrected chi connectivity index (χ0v) is 10.4. The number of anilines is 1. The minimum Gasteiger partial charge on any atom is -0.345 e. The average molecular weight is 244 g/mol. The molecule has 0 N–H and O–H groups in total. The first-order valence-corrected chi connectivity index (χ1v) is 6.33. The molecule has 5 heteroatoms. The van der Waals surface area contributed by atoms with Gasteiger partial charge in [-0.1, -0.05) is 0 Å². The van der Waals surface area contributed by atoms with Crippen LogP contribution in [-0.4, -0.2) is 33.0 Å². The SMILES string of the molecule is CC(=O)C1CCCCN1c1nccn2nccc12. The minimum absolute atomic E-state index is 0.0349. The zero-order valence-electron chi connectivity index (χ0n) is 10.4. The molecule has 1 aliphatic heterocycles. The third kappa shape index (κ3) is 1.75. The fourth-order valence-electron chi connectivity index (χ4n) is 2.67. The summed E-state index contributed by atoms with van der Waals surface area (Å²) >= 11 is 0. The standard InChI is InChI=1S/C13H16N4O/c1-10(18)11-4-2-3-8-16(11)13-12-5-6-15-17(12)9-7-14-13/h5-7,9,11H,2-4,8H2,1H3. The van der Waals surface area contributed by atoms with Crippen molar-refractivity contribution >= 4 is 17.1 Å². The first-order chi connectivity index (χ1) is 8.77. The van der Waals surface area contributed by atoms with Gasteiger partial charge in [-0.15, -0.1) is 0 Å². The molecule has 3 rings (SSSR count). The van der Waals surface area contributed by atoms with Gasteiger partial charge >= 0.3 is 0 Å². The van der Waals surface area contributed by atoms with Crippen LogP contribution in [0.25, 0.3) is 5.52 Å². The number of fused-ring (bicyclic) bond motifs is 1. The summed E-state index contributed by atoms with van der Waals surface area (Å²) in [5.41, 5.74) is 0.964. The van der Waals surface area contributed by atoms with Crippen molar-refractivity contribution in [2.24, 2.45) is 0 Å². The number of nitrogens with zero attached hydrogens (tertiary/aromatic N) is 4. The second kappa shape index (κ2) is 4.40. The van der Waals surface area contributed by atoms with E-state index in [2.05, 4.69) is 15.0 Å². The van der Waals surface area contributed by atoms with Crippen LogP contribution in [0.1, 0.15) is 26.2 Å². The van der Waals surface area contributed by atoms with Gasteiger partial charge in [-0.05, 0) is 32.3 Å². The molecule has 0 aliphatic carbocycles. The van der Waals surface area contributed by atoms with Crippen LogP contribution in [0, 0.1) is 0 Å². The molecule has 5 nitrogen and oxygen atoms in total. The Bertz CT molecular complexity index is 577. The van der Waals surface area contributed by atoms with Gasteiger partial charge in [0, 0.05) is 18.9 Å². The lowest BCUT2D eigenvalue weighted by molar-refractivity contribution is -0.118. The van der Waals surface area contributed by atoms with E-state index in [0.29, 0.717) is 0 Å². The fraction of sp³-hybridized carbons (Fsp3) is 0.462. The van der Waals surface area contributed by atoms with Gasteiger partial charge in [0.2, 0.25) is 0 Å². The Morgan fingerprint density at radius 1 is 1.39 bits per heavy atom. The van der Waals surface area contributed by atoms with E-state index in [1.54, 1.807) is 23.8 Å². The summed E-state index contributed by atoms with van der Waals surface area (Å²) in [6.45, 7) is 2.56. The van der Waals surface area contributed by atoms with E-state index < -0.39 is 0 Å². The molecule has 18 heavy (non-hydrogen) atoms.